The van der Waals surface area contributed by atoms with Gasteiger partial charge in [-0.2, -0.15) is 0 Å². The van der Waals surface area contributed by atoms with E-state index in [-0.39, 0.29) is 24.5 Å². The number of amides is 1. The third-order valence-electron chi connectivity index (χ3n) is 5.28. The lowest BCUT2D eigenvalue weighted by atomic mass is 10.0. The van der Waals surface area contributed by atoms with Crippen LogP contribution >= 0.6 is 0 Å². The summed E-state index contributed by atoms with van der Waals surface area (Å²) in [5.74, 6) is -0.103. The van der Waals surface area contributed by atoms with E-state index in [2.05, 4.69) is 16.3 Å². The largest absolute Gasteiger partial charge is 0.370 e. The van der Waals surface area contributed by atoms with Crippen molar-refractivity contribution in [1.29, 1.82) is 0 Å². The lowest BCUT2D eigenvalue weighted by molar-refractivity contribution is -0.116. The van der Waals surface area contributed by atoms with E-state index in [1.807, 2.05) is 50.2 Å². The zero-order valence-corrected chi connectivity index (χ0v) is 16.3. The van der Waals surface area contributed by atoms with Crippen LogP contribution in [-0.2, 0) is 4.79 Å². The van der Waals surface area contributed by atoms with Crippen molar-refractivity contribution in [2.45, 2.75) is 46.0 Å². The van der Waals surface area contributed by atoms with Crippen LogP contribution in [0.1, 0.15) is 53.6 Å². The first-order chi connectivity index (χ1) is 13.0. The van der Waals surface area contributed by atoms with Gasteiger partial charge in [0, 0.05) is 31.5 Å². The van der Waals surface area contributed by atoms with Crippen LogP contribution in [0.2, 0.25) is 0 Å². The van der Waals surface area contributed by atoms with E-state index in [1.165, 1.54) is 24.8 Å². The van der Waals surface area contributed by atoms with Gasteiger partial charge in [-0.25, -0.2) is 0 Å². The van der Waals surface area contributed by atoms with Crippen LogP contribution in [0.25, 0.3) is 0 Å². The first kappa shape index (κ1) is 19.2. The molecule has 2 aromatic rings. The van der Waals surface area contributed by atoms with Crippen molar-refractivity contribution in [2.75, 3.05) is 23.3 Å². The van der Waals surface area contributed by atoms with Gasteiger partial charge in [0.25, 0.3) is 0 Å². The fourth-order valence-corrected chi connectivity index (χ4v) is 3.49. The molecule has 142 valence electrons. The number of piperidine rings is 1. The minimum atomic E-state index is -0.114. The van der Waals surface area contributed by atoms with Crippen LogP contribution in [0.4, 0.5) is 11.4 Å². The summed E-state index contributed by atoms with van der Waals surface area (Å²) >= 11 is 0. The second kappa shape index (κ2) is 8.85. The first-order valence-electron chi connectivity index (χ1n) is 9.79. The number of hydrogen-bond donors (Lipinski definition) is 1. The number of carbonyl (C=O) groups excluding carboxylic acids is 2. The molecule has 3 rings (SSSR count). The molecule has 0 bridgehead atoms. The maximum absolute atomic E-state index is 12.4. The number of nitrogens with one attached hydrogen (secondary N) is 1. The molecule has 1 aliphatic heterocycles. The maximum Gasteiger partial charge on any atom is 0.224 e. The van der Waals surface area contributed by atoms with Crippen molar-refractivity contribution in [3.63, 3.8) is 0 Å². The number of anilines is 2. The van der Waals surface area contributed by atoms with Gasteiger partial charge in [0.2, 0.25) is 5.91 Å². The molecule has 0 unspecified atom stereocenters. The summed E-state index contributed by atoms with van der Waals surface area (Å²) in [5, 5.41) is 3.00. The molecule has 1 aliphatic rings. The summed E-state index contributed by atoms with van der Waals surface area (Å²) in [4.78, 5) is 27.1. The lowest BCUT2D eigenvalue weighted by Gasteiger charge is -2.30. The molecule has 0 aromatic heterocycles. The molecule has 2 aromatic carbocycles. The third kappa shape index (κ3) is 4.97. The third-order valence-corrected chi connectivity index (χ3v) is 5.28. The molecule has 1 fully saturated rings. The molecule has 0 atom stereocenters. The Morgan fingerprint density at radius 3 is 2.41 bits per heavy atom. The second-order valence-electron chi connectivity index (χ2n) is 7.34. The van der Waals surface area contributed by atoms with E-state index < -0.39 is 0 Å². The van der Waals surface area contributed by atoms with Gasteiger partial charge >= 0.3 is 0 Å². The monoisotopic (exact) mass is 364 g/mol. The molecule has 27 heavy (non-hydrogen) atoms. The molecular formula is C23H28N2O2. The normalized spacial score (nSPS) is 14.1. The van der Waals surface area contributed by atoms with Crippen LogP contribution in [0.5, 0.6) is 0 Å². The molecule has 4 nitrogen and oxygen atoms in total. The van der Waals surface area contributed by atoms with Crippen LogP contribution < -0.4 is 10.2 Å². The summed E-state index contributed by atoms with van der Waals surface area (Å²) < 4.78 is 0. The van der Waals surface area contributed by atoms with E-state index in [9.17, 15) is 9.59 Å². The van der Waals surface area contributed by atoms with Crippen molar-refractivity contribution in [3.8, 4) is 0 Å². The predicted molar refractivity (Wildman–Crippen MR) is 111 cm³/mol. The number of benzene rings is 2. The van der Waals surface area contributed by atoms with Gasteiger partial charge in [0.05, 0.1) is 11.4 Å². The number of rotatable bonds is 6. The Hall–Kier alpha value is -2.62. The average Bonchev–Trinajstić information content (AvgIpc) is 2.69. The molecule has 0 spiro atoms. The van der Waals surface area contributed by atoms with Gasteiger partial charge in [-0.1, -0.05) is 24.3 Å². The van der Waals surface area contributed by atoms with E-state index >= 15 is 0 Å². The molecular weight excluding hydrogens is 336 g/mol. The number of aryl methyl sites for hydroxylation is 2. The Morgan fingerprint density at radius 1 is 0.926 bits per heavy atom. The van der Waals surface area contributed by atoms with E-state index in [0.29, 0.717) is 5.56 Å². The van der Waals surface area contributed by atoms with Crippen molar-refractivity contribution < 1.29 is 9.59 Å². The van der Waals surface area contributed by atoms with Crippen molar-refractivity contribution in [3.05, 3.63) is 59.2 Å². The summed E-state index contributed by atoms with van der Waals surface area (Å²) in [6, 6.07) is 13.6. The summed E-state index contributed by atoms with van der Waals surface area (Å²) in [5.41, 5.74) is 4.85. The highest BCUT2D eigenvalue weighted by Gasteiger charge is 2.16. The highest BCUT2D eigenvalue weighted by molar-refractivity contribution is 6.01. The number of para-hydroxylation sites is 2. The van der Waals surface area contributed by atoms with Gasteiger partial charge in [-0.15, -0.1) is 0 Å². The first-order valence-corrected chi connectivity index (χ1v) is 9.79. The standard InChI is InChI=1S/C23H28N2O2/c1-17-10-11-19(16-18(17)2)22(26)12-13-23(27)24-20-8-4-5-9-21(20)25-14-6-3-7-15-25/h4-5,8-11,16H,3,6-7,12-15H2,1-2H3,(H,24,27). The average molecular weight is 364 g/mol. The molecule has 1 amide bonds. The zero-order valence-electron chi connectivity index (χ0n) is 16.3. The SMILES string of the molecule is Cc1ccc(C(=O)CCC(=O)Nc2ccccc2N2CCCCC2)cc1C. The van der Waals surface area contributed by atoms with Crippen molar-refractivity contribution in [1.82, 2.24) is 0 Å². The molecule has 1 N–H and O–H groups in total. The Morgan fingerprint density at radius 2 is 1.67 bits per heavy atom. The van der Waals surface area contributed by atoms with Gasteiger partial charge in [0.15, 0.2) is 5.78 Å². The Labute approximate surface area is 161 Å². The molecule has 1 saturated heterocycles. The maximum atomic E-state index is 12.4. The number of ketones is 1. The lowest BCUT2D eigenvalue weighted by Crippen LogP contribution is -2.30. The Balaban J connectivity index is 1.59. The minimum absolute atomic E-state index is 0.0116. The molecule has 0 aliphatic carbocycles. The van der Waals surface area contributed by atoms with Crippen LogP contribution in [0.15, 0.2) is 42.5 Å². The fraction of sp³-hybridized carbons (Fsp3) is 0.391. The molecule has 0 radical (unpaired) electrons. The van der Waals surface area contributed by atoms with Crippen LogP contribution in [-0.4, -0.2) is 24.8 Å². The fourth-order valence-electron chi connectivity index (χ4n) is 3.49. The van der Waals surface area contributed by atoms with Crippen molar-refractivity contribution >= 4 is 23.1 Å². The molecule has 0 saturated carbocycles. The predicted octanol–water partition coefficient (Wildman–Crippen LogP) is 4.90. The quantitative estimate of drug-likeness (QED) is 0.742. The zero-order chi connectivity index (χ0) is 19.2. The van der Waals surface area contributed by atoms with Gasteiger partial charge in [0.1, 0.15) is 0 Å². The Bertz CT molecular complexity index is 823. The summed E-state index contributed by atoms with van der Waals surface area (Å²) in [6.07, 6.45) is 4.06. The van der Waals surface area contributed by atoms with E-state index in [0.717, 1.165) is 30.0 Å². The number of hydrogen-bond acceptors (Lipinski definition) is 3. The highest BCUT2D eigenvalue weighted by Crippen LogP contribution is 2.28. The highest BCUT2D eigenvalue weighted by atomic mass is 16.2. The summed E-state index contributed by atoms with van der Waals surface area (Å²) in [7, 11) is 0. The summed E-state index contributed by atoms with van der Waals surface area (Å²) in [6.45, 7) is 6.07. The van der Waals surface area contributed by atoms with Gasteiger partial charge in [-0.05, 0) is 62.4 Å². The molecule has 1 heterocycles. The number of Topliss-reactive ketones (excluding diaryl/α,β-unsaturated/α-hetero) is 1. The number of nitrogens with zero attached hydrogens (tertiary/aromatic N) is 1. The van der Waals surface area contributed by atoms with E-state index in [1.54, 1.807) is 0 Å². The topological polar surface area (TPSA) is 49.4 Å². The van der Waals surface area contributed by atoms with Crippen molar-refractivity contribution in [2.24, 2.45) is 0 Å². The van der Waals surface area contributed by atoms with Gasteiger partial charge in [-0.3, -0.25) is 9.59 Å². The smallest absolute Gasteiger partial charge is 0.224 e. The second-order valence-corrected chi connectivity index (χ2v) is 7.34. The van der Waals surface area contributed by atoms with Crippen LogP contribution in [0.3, 0.4) is 0 Å². The number of carbonyl (C=O) groups is 2. The molecule has 4 heteroatoms. The van der Waals surface area contributed by atoms with E-state index in [4.69, 9.17) is 0 Å². The Kier molecular flexibility index (Phi) is 6.28. The van der Waals surface area contributed by atoms with Crippen LogP contribution in [0, 0.1) is 13.8 Å². The minimum Gasteiger partial charge on any atom is -0.370 e. The van der Waals surface area contributed by atoms with Gasteiger partial charge < -0.3 is 10.2 Å².